The monoisotopic (exact) mass is 276 g/mol. The molecule has 0 N–H and O–H groups in total. The van der Waals surface area contributed by atoms with Gasteiger partial charge in [0.1, 0.15) is 0 Å². The maximum atomic E-state index is 6.32. The van der Waals surface area contributed by atoms with Crippen LogP contribution in [-0.4, -0.2) is 30.1 Å². The Morgan fingerprint density at radius 3 is 1.56 bits per heavy atom. The van der Waals surface area contributed by atoms with Crippen LogP contribution in [0.1, 0.15) is 78.6 Å². The second kappa shape index (κ2) is 12.3. The van der Waals surface area contributed by atoms with Crippen molar-refractivity contribution >= 4 is 11.6 Å². The van der Waals surface area contributed by atoms with Crippen molar-refractivity contribution in [1.82, 2.24) is 0 Å². The summed E-state index contributed by atoms with van der Waals surface area (Å²) in [5.41, 5.74) is 0. The Labute approximate surface area is 120 Å². The molecule has 110 valence electrons. The van der Waals surface area contributed by atoms with Crippen molar-refractivity contribution in [2.24, 2.45) is 0 Å². The van der Waals surface area contributed by atoms with Crippen LogP contribution in [0.3, 0.4) is 0 Å². The van der Waals surface area contributed by atoms with Crippen LogP contribution >= 0.6 is 11.6 Å². The molecule has 0 aromatic carbocycles. The Morgan fingerprint density at radius 1 is 0.611 bits per heavy atom. The zero-order chi connectivity index (χ0) is 13.7. The summed E-state index contributed by atoms with van der Waals surface area (Å²) in [6.07, 6.45) is 12.1. The van der Waals surface area contributed by atoms with Gasteiger partial charge in [0.15, 0.2) is 6.00 Å². The van der Waals surface area contributed by atoms with Crippen molar-refractivity contribution in [3.63, 3.8) is 0 Å². The molecular weight excluding hydrogens is 242 g/mol. The van der Waals surface area contributed by atoms with E-state index >= 15 is 0 Å². The van der Waals surface area contributed by atoms with E-state index in [9.17, 15) is 0 Å². The lowest BCUT2D eigenvalue weighted by Gasteiger charge is -2.37. The molecule has 0 saturated carbocycles. The van der Waals surface area contributed by atoms with Gasteiger partial charge in [0.2, 0.25) is 0 Å². The molecule has 0 aliphatic rings. The van der Waals surface area contributed by atoms with Gasteiger partial charge in [-0.2, -0.15) is 0 Å². The topological polar surface area (TPSA) is 0 Å². The van der Waals surface area contributed by atoms with Crippen LogP contribution in [0.2, 0.25) is 0 Å². The molecule has 0 rings (SSSR count). The SMILES string of the molecule is CCCCCC[N+](CCl)(CCCC)CCCCC. The molecule has 0 radical (unpaired) electrons. The molecule has 0 aliphatic carbocycles. The first-order valence-electron chi connectivity index (χ1n) is 8.15. The summed E-state index contributed by atoms with van der Waals surface area (Å²) in [6.45, 7) is 10.7. The van der Waals surface area contributed by atoms with Gasteiger partial charge in [-0.15, -0.1) is 0 Å². The lowest BCUT2D eigenvalue weighted by molar-refractivity contribution is -0.918. The van der Waals surface area contributed by atoms with Gasteiger partial charge in [-0.25, -0.2) is 0 Å². The van der Waals surface area contributed by atoms with Crippen LogP contribution in [0.25, 0.3) is 0 Å². The lowest BCUT2D eigenvalue weighted by Crippen LogP contribution is -2.49. The molecule has 1 nitrogen and oxygen atoms in total. The Morgan fingerprint density at radius 2 is 1.06 bits per heavy atom. The molecule has 0 bridgehead atoms. The number of unbranched alkanes of at least 4 members (excludes halogenated alkanes) is 6. The van der Waals surface area contributed by atoms with Gasteiger partial charge in [-0.05, 0) is 32.1 Å². The molecule has 2 heteroatoms. The minimum Gasteiger partial charge on any atom is -0.311 e. The van der Waals surface area contributed by atoms with Crippen LogP contribution < -0.4 is 0 Å². The molecule has 1 unspecified atom stereocenters. The minimum absolute atomic E-state index is 0.815. The third-order valence-corrected chi connectivity index (χ3v) is 4.47. The molecule has 0 heterocycles. The molecule has 18 heavy (non-hydrogen) atoms. The van der Waals surface area contributed by atoms with Crippen molar-refractivity contribution in [3.8, 4) is 0 Å². The number of alkyl halides is 1. The normalized spacial score (nSPS) is 14.7. The highest BCUT2D eigenvalue weighted by atomic mass is 35.5. The van der Waals surface area contributed by atoms with Gasteiger partial charge in [0.05, 0.1) is 19.6 Å². The van der Waals surface area contributed by atoms with Crippen LogP contribution in [0.5, 0.6) is 0 Å². The molecular formula is C16H35ClN+. The van der Waals surface area contributed by atoms with Crippen molar-refractivity contribution in [2.75, 3.05) is 25.6 Å². The second-order valence-corrected chi connectivity index (χ2v) is 5.99. The molecule has 0 spiro atoms. The number of hydrogen-bond acceptors (Lipinski definition) is 0. The highest BCUT2D eigenvalue weighted by Crippen LogP contribution is 2.17. The zero-order valence-corrected chi connectivity index (χ0v) is 13.8. The first-order chi connectivity index (χ1) is 8.74. The maximum Gasteiger partial charge on any atom is 0.154 e. The molecule has 0 saturated heterocycles. The second-order valence-electron chi connectivity index (χ2n) is 5.75. The average molecular weight is 277 g/mol. The number of quaternary nitrogens is 1. The molecule has 1 atom stereocenters. The van der Waals surface area contributed by atoms with Crippen molar-refractivity contribution in [3.05, 3.63) is 0 Å². The third-order valence-electron chi connectivity index (χ3n) is 3.96. The summed E-state index contributed by atoms with van der Waals surface area (Å²) in [5.74, 6) is 0. The summed E-state index contributed by atoms with van der Waals surface area (Å²) in [4.78, 5) is 0. The predicted molar refractivity (Wildman–Crippen MR) is 84.2 cm³/mol. The molecule has 0 aromatic heterocycles. The smallest absolute Gasteiger partial charge is 0.154 e. The van der Waals surface area contributed by atoms with Gasteiger partial charge in [0.25, 0.3) is 0 Å². The van der Waals surface area contributed by atoms with E-state index in [1.165, 1.54) is 81.9 Å². The largest absolute Gasteiger partial charge is 0.311 e. The fraction of sp³-hybridized carbons (Fsp3) is 1.00. The van der Waals surface area contributed by atoms with Gasteiger partial charge in [-0.3, -0.25) is 0 Å². The Balaban J connectivity index is 4.15. The van der Waals surface area contributed by atoms with E-state index in [0.29, 0.717) is 0 Å². The molecule has 0 aromatic rings. The summed E-state index contributed by atoms with van der Waals surface area (Å²) in [6, 6.07) is 0.815. The first-order valence-corrected chi connectivity index (χ1v) is 8.69. The Bertz CT molecular complexity index is 172. The Kier molecular flexibility index (Phi) is 12.5. The lowest BCUT2D eigenvalue weighted by atomic mass is 10.1. The van der Waals surface area contributed by atoms with Gasteiger partial charge in [0, 0.05) is 0 Å². The number of rotatable bonds is 13. The average Bonchev–Trinajstić information content (AvgIpc) is 2.40. The van der Waals surface area contributed by atoms with E-state index in [1.807, 2.05) is 0 Å². The van der Waals surface area contributed by atoms with E-state index < -0.39 is 0 Å². The standard InChI is InChI=1S/C16H35ClN/c1-4-7-10-12-15-18(16-17,13-9-6-3)14-11-8-5-2/h4-16H2,1-3H3/q+1. The van der Waals surface area contributed by atoms with Crippen molar-refractivity contribution in [1.29, 1.82) is 0 Å². The summed E-state index contributed by atoms with van der Waals surface area (Å²) in [7, 11) is 0. The van der Waals surface area contributed by atoms with Gasteiger partial charge < -0.3 is 4.48 Å². The fourth-order valence-corrected chi connectivity index (χ4v) is 2.94. The minimum atomic E-state index is 0.815. The van der Waals surface area contributed by atoms with Crippen LogP contribution in [0.15, 0.2) is 0 Å². The van der Waals surface area contributed by atoms with E-state index in [4.69, 9.17) is 11.6 Å². The fourth-order valence-electron chi connectivity index (χ4n) is 2.58. The number of hydrogen-bond donors (Lipinski definition) is 0. The van der Waals surface area contributed by atoms with Gasteiger partial charge >= 0.3 is 0 Å². The van der Waals surface area contributed by atoms with Crippen molar-refractivity contribution in [2.45, 2.75) is 78.6 Å². The number of halogens is 1. The summed E-state index contributed by atoms with van der Waals surface area (Å²) in [5, 5.41) is 0. The predicted octanol–water partition coefficient (Wildman–Crippen LogP) is 5.57. The first kappa shape index (κ1) is 18.2. The number of nitrogens with zero attached hydrogens (tertiary/aromatic N) is 1. The molecule has 0 amide bonds. The third kappa shape index (κ3) is 8.37. The van der Waals surface area contributed by atoms with Crippen LogP contribution in [0.4, 0.5) is 0 Å². The van der Waals surface area contributed by atoms with E-state index in [2.05, 4.69) is 20.8 Å². The maximum absolute atomic E-state index is 6.32. The van der Waals surface area contributed by atoms with E-state index in [0.717, 1.165) is 6.00 Å². The highest BCUT2D eigenvalue weighted by molar-refractivity contribution is 6.16. The zero-order valence-electron chi connectivity index (χ0n) is 13.0. The van der Waals surface area contributed by atoms with Crippen LogP contribution in [0, 0.1) is 0 Å². The quantitative estimate of drug-likeness (QED) is 0.179. The summed E-state index contributed by atoms with van der Waals surface area (Å²) < 4.78 is 1.17. The van der Waals surface area contributed by atoms with Crippen molar-refractivity contribution < 1.29 is 4.48 Å². The Hall–Kier alpha value is 0.250. The van der Waals surface area contributed by atoms with E-state index in [1.54, 1.807) is 0 Å². The van der Waals surface area contributed by atoms with Gasteiger partial charge in [-0.1, -0.05) is 58.1 Å². The summed E-state index contributed by atoms with van der Waals surface area (Å²) >= 11 is 6.32. The van der Waals surface area contributed by atoms with Crippen LogP contribution in [-0.2, 0) is 0 Å². The van der Waals surface area contributed by atoms with E-state index in [-0.39, 0.29) is 0 Å². The molecule has 0 fully saturated rings. The highest BCUT2D eigenvalue weighted by Gasteiger charge is 2.24. The molecule has 0 aliphatic heterocycles.